The van der Waals surface area contributed by atoms with Crippen LogP contribution < -0.4 is 14.5 Å². The molecule has 0 unspecified atom stereocenters. The molecule has 1 aromatic heterocycles. The summed E-state index contributed by atoms with van der Waals surface area (Å²) in [6.45, 7) is 8.66. The molecule has 5 nitrogen and oxygen atoms in total. The summed E-state index contributed by atoms with van der Waals surface area (Å²) in [5.41, 5.74) is 2.60. The Morgan fingerprint density at radius 1 is 1.08 bits per heavy atom. The van der Waals surface area contributed by atoms with Crippen molar-refractivity contribution in [2.45, 2.75) is 25.9 Å². The molecule has 0 radical (unpaired) electrons. The third kappa shape index (κ3) is 4.10. The minimum Gasteiger partial charge on any atom is -0.497 e. The molecule has 1 aliphatic heterocycles. The second-order valence-corrected chi connectivity index (χ2v) is 7.79. The molecular formula is C21H30N4O. The highest BCUT2D eigenvalue weighted by molar-refractivity contribution is 5.52. The quantitative estimate of drug-likeness (QED) is 0.823. The maximum absolute atomic E-state index is 5.28. The molecule has 0 atom stereocenters. The van der Waals surface area contributed by atoms with E-state index in [0.29, 0.717) is 0 Å². The van der Waals surface area contributed by atoms with Gasteiger partial charge in [0, 0.05) is 57.7 Å². The highest BCUT2D eigenvalue weighted by atomic mass is 16.5. The summed E-state index contributed by atoms with van der Waals surface area (Å²) < 4.78 is 5.28. The molecule has 1 saturated heterocycles. The van der Waals surface area contributed by atoms with Crippen molar-refractivity contribution in [3.63, 3.8) is 0 Å². The van der Waals surface area contributed by atoms with Crippen LogP contribution >= 0.6 is 0 Å². The van der Waals surface area contributed by atoms with Crippen molar-refractivity contribution in [1.29, 1.82) is 0 Å². The van der Waals surface area contributed by atoms with E-state index in [-0.39, 0.29) is 5.54 Å². The van der Waals surface area contributed by atoms with Gasteiger partial charge < -0.3 is 14.5 Å². The first kappa shape index (κ1) is 18.5. The van der Waals surface area contributed by atoms with Gasteiger partial charge in [0.25, 0.3) is 0 Å². The average molecular weight is 354 g/mol. The fraction of sp³-hybridized carbons (Fsp3) is 0.476. The molecule has 5 heteroatoms. The van der Waals surface area contributed by atoms with Crippen molar-refractivity contribution in [3.05, 3.63) is 48.2 Å². The number of pyridine rings is 1. The predicted octanol–water partition coefficient (Wildman–Crippen LogP) is 3.26. The number of hydrogen-bond acceptors (Lipinski definition) is 5. The topological polar surface area (TPSA) is 31.8 Å². The van der Waals surface area contributed by atoms with E-state index in [0.717, 1.165) is 37.7 Å². The van der Waals surface area contributed by atoms with E-state index in [1.807, 2.05) is 37.3 Å². The lowest BCUT2D eigenvalue weighted by Gasteiger charge is -2.48. The number of aromatic nitrogens is 1. The van der Waals surface area contributed by atoms with Crippen LogP contribution in [-0.2, 0) is 6.54 Å². The Labute approximate surface area is 157 Å². The van der Waals surface area contributed by atoms with Crippen molar-refractivity contribution < 1.29 is 4.74 Å². The predicted molar refractivity (Wildman–Crippen MR) is 108 cm³/mol. The minimum atomic E-state index is 0.0733. The Kier molecular flexibility index (Phi) is 5.37. The number of hydrogen-bond donors (Lipinski definition) is 0. The Balaban J connectivity index is 1.65. The van der Waals surface area contributed by atoms with E-state index in [1.54, 1.807) is 7.11 Å². The molecule has 3 rings (SSSR count). The fourth-order valence-electron chi connectivity index (χ4n) is 3.66. The molecule has 1 aromatic carbocycles. The summed E-state index contributed by atoms with van der Waals surface area (Å²) in [5.74, 6) is 1.90. The lowest BCUT2D eigenvalue weighted by molar-refractivity contribution is 0.175. The number of nitrogens with zero attached hydrogens (tertiary/aromatic N) is 4. The third-order valence-corrected chi connectivity index (χ3v) is 5.04. The first-order valence-electron chi connectivity index (χ1n) is 9.15. The third-order valence-electron chi connectivity index (χ3n) is 5.04. The summed E-state index contributed by atoms with van der Waals surface area (Å²) in [6, 6.07) is 12.7. The van der Waals surface area contributed by atoms with E-state index in [9.17, 15) is 0 Å². The zero-order chi connectivity index (χ0) is 18.7. The molecule has 140 valence electrons. The van der Waals surface area contributed by atoms with Crippen LogP contribution in [-0.4, -0.2) is 56.3 Å². The van der Waals surface area contributed by atoms with E-state index in [1.165, 1.54) is 11.3 Å². The number of piperazine rings is 1. The highest BCUT2D eigenvalue weighted by Gasteiger charge is 2.33. The molecule has 0 spiro atoms. The number of rotatable bonds is 5. The van der Waals surface area contributed by atoms with E-state index in [2.05, 4.69) is 52.9 Å². The molecule has 0 N–H and O–H groups in total. The number of methoxy groups -OCH3 is 1. The standard InChI is InChI=1S/C21H30N4O/c1-21(2)16-24(15-17-6-11-20(22-14-17)23(3)4)12-13-25(21)18-7-9-19(26-5)10-8-18/h6-11,14H,12-13,15-16H2,1-5H3. The van der Waals surface area contributed by atoms with Crippen molar-refractivity contribution in [3.8, 4) is 5.75 Å². The van der Waals surface area contributed by atoms with Gasteiger partial charge in [0.1, 0.15) is 11.6 Å². The first-order valence-corrected chi connectivity index (χ1v) is 9.15. The van der Waals surface area contributed by atoms with Gasteiger partial charge in [0.2, 0.25) is 0 Å². The van der Waals surface area contributed by atoms with Gasteiger partial charge in [0.05, 0.1) is 7.11 Å². The van der Waals surface area contributed by atoms with Gasteiger partial charge in [-0.3, -0.25) is 4.90 Å². The second kappa shape index (κ2) is 7.54. The zero-order valence-corrected chi connectivity index (χ0v) is 16.6. The summed E-state index contributed by atoms with van der Waals surface area (Å²) >= 11 is 0. The number of ether oxygens (including phenoxy) is 1. The average Bonchev–Trinajstić information content (AvgIpc) is 2.62. The lowest BCUT2D eigenvalue weighted by atomic mass is 9.97. The summed E-state index contributed by atoms with van der Waals surface area (Å²) in [5, 5.41) is 0. The first-order chi connectivity index (χ1) is 12.4. The molecule has 2 aromatic rings. The number of benzene rings is 1. The fourth-order valence-corrected chi connectivity index (χ4v) is 3.66. The molecule has 0 bridgehead atoms. The van der Waals surface area contributed by atoms with Crippen LogP contribution in [0.1, 0.15) is 19.4 Å². The van der Waals surface area contributed by atoms with Gasteiger partial charge in [-0.2, -0.15) is 0 Å². The van der Waals surface area contributed by atoms with Crippen LogP contribution in [0.25, 0.3) is 0 Å². The lowest BCUT2D eigenvalue weighted by Crippen LogP contribution is -2.59. The smallest absolute Gasteiger partial charge is 0.127 e. The van der Waals surface area contributed by atoms with Crippen LogP contribution in [0.3, 0.4) is 0 Å². The van der Waals surface area contributed by atoms with E-state index in [4.69, 9.17) is 4.74 Å². The van der Waals surface area contributed by atoms with Gasteiger partial charge in [-0.15, -0.1) is 0 Å². The highest BCUT2D eigenvalue weighted by Crippen LogP contribution is 2.30. The molecular weight excluding hydrogens is 324 g/mol. The monoisotopic (exact) mass is 354 g/mol. The molecule has 0 aliphatic carbocycles. The maximum Gasteiger partial charge on any atom is 0.127 e. The Bertz CT molecular complexity index is 710. The Morgan fingerprint density at radius 3 is 2.35 bits per heavy atom. The molecule has 2 heterocycles. The minimum absolute atomic E-state index is 0.0733. The van der Waals surface area contributed by atoms with Gasteiger partial charge in [-0.25, -0.2) is 4.98 Å². The second-order valence-electron chi connectivity index (χ2n) is 7.79. The van der Waals surface area contributed by atoms with Crippen LogP contribution in [0.5, 0.6) is 5.75 Å². The normalized spacial score (nSPS) is 17.2. The summed E-state index contributed by atoms with van der Waals surface area (Å²) in [7, 11) is 5.74. The van der Waals surface area contributed by atoms with Gasteiger partial charge in [0.15, 0.2) is 0 Å². The van der Waals surface area contributed by atoms with Crippen LogP contribution in [0.15, 0.2) is 42.6 Å². The number of anilines is 2. The Hall–Kier alpha value is -2.27. The summed E-state index contributed by atoms with van der Waals surface area (Å²) in [4.78, 5) is 11.6. The van der Waals surface area contributed by atoms with Gasteiger partial charge >= 0.3 is 0 Å². The van der Waals surface area contributed by atoms with Gasteiger partial charge in [-0.1, -0.05) is 6.07 Å². The molecule has 0 saturated carbocycles. The van der Waals surface area contributed by atoms with Crippen LogP contribution in [0.2, 0.25) is 0 Å². The largest absolute Gasteiger partial charge is 0.497 e. The Morgan fingerprint density at radius 2 is 1.81 bits per heavy atom. The van der Waals surface area contributed by atoms with E-state index >= 15 is 0 Å². The maximum atomic E-state index is 5.28. The van der Waals surface area contributed by atoms with Crippen LogP contribution in [0.4, 0.5) is 11.5 Å². The van der Waals surface area contributed by atoms with Crippen molar-refractivity contribution in [2.24, 2.45) is 0 Å². The van der Waals surface area contributed by atoms with Crippen LogP contribution in [0, 0.1) is 0 Å². The van der Waals surface area contributed by atoms with Crippen molar-refractivity contribution >= 4 is 11.5 Å². The molecule has 1 aliphatic rings. The van der Waals surface area contributed by atoms with Crippen molar-refractivity contribution in [1.82, 2.24) is 9.88 Å². The van der Waals surface area contributed by atoms with E-state index < -0.39 is 0 Å². The summed E-state index contributed by atoms with van der Waals surface area (Å²) in [6.07, 6.45) is 2.00. The zero-order valence-electron chi connectivity index (χ0n) is 16.6. The SMILES string of the molecule is COc1ccc(N2CCN(Cc3ccc(N(C)C)nc3)CC2(C)C)cc1. The molecule has 1 fully saturated rings. The van der Waals surface area contributed by atoms with Gasteiger partial charge in [-0.05, 0) is 49.7 Å². The van der Waals surface area contributed by atoms with Crippen molar-refractivity contribution in [2.75, 3.05) is 50.6 Å². The molecule has 26 heavy (non-hydrogen) atoms. The molecule has 0 amide bonds.